The summed E-state index contributed by atoms with van der Waals surface area (Å²) in [5, 5.41) is 7.95. The van der Waals surface area contributed by atoms with Gasteiger partial charge in [0.05, 0.1) is 4.90 Å². The Balaban J connectivity index is 3.04. The molecule has 0 radical (unpaired) electrons. The van der Waals surface area contributed by atoms with Gasteiger partial charge in [0.15, 0.2) is 0 Å². The number of sulfonamides is 1. The van der Waals surface area contributed by atoms with Crippen LogP contribution in [0.5, 0.6) is 0 Å². The zero-order chi connectivity index (χ0) is 15.5. The first-order valence-corrected chi connectivity index (χ1v) is 8.09. The number of carbonyl (C=O) groups is 1. The van der Waals surface area contributed by atoms with Gasteiger partial charge in [0, 0.05) is 12.1 Å². The second-order valence-corrected chi connectivity index (χ2v) is 6.95. The summed E-state index contributed by atoms with van der Waals surface area (Å²) in [6.45, 7) is 8.14. The number of carbonyl (C=O) groups excluding carboxylic acids is 1. The van der Waals surface area contributed by atoms with Crippen molar-refractivity contribution in [3.63, 3.8) is 0 Å². The molecule has 3 N–H and O–H groups in total. The molecule has 0 atom stereocenters. The van der Waals surface area contributed by atoms with Gasteiger partial charge in [-0.1, -0.05) is 19.9 Å². The van der Waals surface area contributed by atoms with Crippen molar-refractivity contribution in [2.75, 3.05) is 6.54 Å². The van der Waals surface area contributed by atoms with Crippen LogP contribution in [0.15, 0.2) is 17.0 Å². The van der Waals surface area contributed by atoms with E-state index in [0.717, 1.165) is 12.0 Å². The zero-order valence-electron chi connectivity index (χ0n) is 12.4. The summed E-state index contributed by atoms with van der Waals surface area (Å²) in [4.78, 5) is 12.1. The molecule has 1 rings (SSSR count). The fourth-order valence-electron chi connectivity index (χ4n) is 1.95. The fourth-order valence-corrected chi connectivity index (χ4v) is 2.74. The molecule has 112 valence electrons. The number of hydrogen-bond donors (Lipinski definition) is 2. The van der Waals surface area contributed by atoms with Crippen LogP contribution in [0.2, 0.25) is 0 Å². The Labute approximate surface area is 120 Å². The summed E-state index contributed by atoms with van der Waals surface area (Å²) >= 11 is 0. The van der Waals surface area contributed by atoms with E-state index in [2.05, 4.69) is 19.2 Å². The highest BCUT2D eigenvalue weighted by Gasteiger charge is 2.17. The molecule has 0 fully saturated rings. The Bertz CT molecular complexity index is 607. The van der Waals surface area contributed by atoms with Crippen LogP contribution in [0, 0.1) is 19.8 Å². The van der Waals surface area contributed by atoms with Crippen LogP contribution in [0.3, 0.4) is 0 Å². The summed E-state index contributed by atoms with van der Waals surface area (Å²) < 4.78 is 23.0. The van der Waals surface area contributed by atoms with Crippen LogP contribution in [0.1, 0.15) is 41.8 Å². The Kier molecular flexibility index (Phi) is 5.30. The molecular weight excluding hydrogens is 276 g/mol. The normalized spacial score (nSPS) is 11.7. The van der Waals surface area contributed by atoms with E-state index in [1.54, 1.807) is 19.9 Å². The van der Waals surface area contributed by atoms with Crippen LogP contribution in [0.25, 0.3) is 0 Å². The molecule has 0 aliphatic rings. The number of rotatable bonds is 5. The van der Waals surface area contributed by atoms with Gasteiger partial charge in [-0.25, -0.2) is 13.6 Å². The first kappa shape index (κ1) is 16.7. The lowest BCUT2D eigenvalue weighted by atomic mass is 10.0. The largest absolute Gasteiger partial charge is 0.352 e. The first-order valence-electron chi connectivity index (χ1n) is 6.55. The van der Waals surface area contributed by atoms with Crippen molar-refractivity contribution in [2.45, 2.75) is 39.0 Å². The molecule has 20 heavy (non-hydrogen) atoms. The molecule has 0 saturated heterocycles. The van der Waals surface area contributed by atoms with Gasteiger partial charge in [-0.05, 0) is 43.4 Å². The monoisotopic (exact) mass is 298 g/mol. The van der Waals surface area contributed by atoms with Crippen molar-refractivity contribution in [2.24, 2.45) is 11.1 Å². The quantitative estimate of drug-likeness (QED) is 0.867. The van der Waals surface area contributed by atoms with Gasteiger partial charge < -0.3 is 5.32 Å². The molecule has 0 aromatic heterocycles. The van der Waals surface area contributed by atoms with Crippen LogP contribution in [0.4, 0.5) is 0 Å². The van der Waals surface area contributed by atoms with Crippen LogP contribution in [-0.2, 0) is 10.0 Å². The number of benzene rings is 1. The predicted molar refractivity (Wildman–Crippen MR) is 79.1 cm³/mol. The number of nitrogens with two attached hydrogens (primary N) is 1. The van der Waals surface area contributed by atoms with Gasteiger partial charge in [-0.3, -0.25) is 4.79 Å². The lowest BCUT2D eigenvalue weighted by Crippen LogP contribution is -2.26. The molecule has 0 heterocycles. The molecule has 0 spiro atoms. The molecule has 1 amide bonds. The zero-order valence-corrected chi connectivity index (χ0v) is 13.2. The maximum Gasteiger partial charge on any atom is 0.251 e. The smallest absolute Gasteiger partial charge is 0.251 e. The second kappa shape index (κ2) is 6.37. The van der Waals surface area contributed by atoms with Crippen molar-refractivity contribution in [3.8, 4) is 0 Å². The second-order valence-electron chi connectivity index (χ2n) is 5.42. The maximum atomic E-state index is 12.1. The minimum absolute atomic E-state index is 0.00268. The van der Waals surface area contributed by atoms with Gasteiger partial charge in [0.1, 0.15) is 0 Å². The predicted octanol–water partition coefficient (Wildman–Crippen LogP) is 1.73. The third-order valence-corrected chi connectivity index (χ3v) is 4.13. The van der Waals surface area contributed by atoms with E-state index < -0.39 is 10.0 Å². The highest BCUT2D eigenvalue weighted by molar-refractivity contribution is 7.89. The fraction of sp³-hybridized carbons (Fsp3) is 0.500. The SMILES string of the molecule is Cc1cc(C)c(S(N)(=O)=O)cc1C(=O)NCCC(C)C. The topological polar surface area (TPSA) is 89.3 Å². The van der Waals surface area contributed by atoms with Gasteiger partial charge in [-0.2, -0.15) is 0 Å². The average Bonchev–Trinajstić information content (AvgIpc) is 2.26. The van der Waals surface area contributed by atoms with E-state index in [4.69, 9.17) is 5.14 Å². The number of hydrogen-bond acceptors (Lipinski definition) is 3. The third-order valence-electron chi connectivity index (χ3n) is 3.08. The van der Waals surface area contributed by atoms with E-state index in [9.17, 15) is 13.2 Å². The number of nitrogens with one attached hydrogen (secondary N) is 1. The van der Waals surface area contributed by atoms with Crippen LogP contribution in [-0.4, -0.2) is 20.9 Å². The van der Waals surface area contributed by atoms with Gasteiger partial charge in [0.2, 0.25) is 10.0 Å². The third kappa shape index (κ3) is 4.31. The molecule has 1 aromatic rings. The molecule has 0 bridgehead atoms. The van der Waals surface area contributed by atoms with E-state index in [1.165, 1.54) is 6.07 Å². The van der Waals surface area contributed by atoms with Crippen molar-refractivity contribution >= 4 is 15.9 Å². The van der Waals surface area contributed by atoms with E-state index in [0.29, 0.717) is 23.6 Å². The molecule has 6 heteroatoms. The van der Waals surface area contributed by atoms with Crippen molar-refractivity contribution in [1.82, 2.24) is 5.32 Å². The Morgan fingerprint density at radius 2 is 1.85 bits per heavy atom. The highest BCUT2D eigenvalue weighted by atomic mass is 32.2. The standard InChI is InChI=1S/C14H22N2O3S/c1-9(2)5-6-16-14(17)12-8-13(20(15,18)19)11(4)7-10(12)3/h7-9H,5-6H2,1-4H3,(H,16,17)(H2,15,18,19). The lowest BCUT2D eigenvalue weighted by Gasteiger charge is -2.12. The molecule has 0 aliphatic heterocycles. The van der Waals surface area contributed by atoms with Crippen molar-refractivity contribution in [1.29, 1.82) is 0 Å². The minimum Gasteiger partial charge on any atom is -0.352 e. The van der Waals surface area contributed by atoms with Gasteiger partial charge >= 0.3 is 0 Å². The molecule has 0 aliphatic carbocycles. The first-order chi connectivity index (χ1) is 9.12. The molecule has 0 unspecified atom stereocenters. The molecule has 5 nitrogen and oxygen atoms in total. The summed E-state index contributed by atoms with van der Waals surface area (Å²) in [5.41, 5.74) is 1.63. The van der Waals surface area contributed by atoms with E-state index in [1.807, 2.05) is 0 Å². The summed E-state index contributed by atoms with van der Waals surface area (Å²) in [6, 6.07) is 3.02. The Morgan fingerprint density at radius 1 is 1.25 bits per heavy atom. The van der Waals surface area contributed by atoms with Crippen LogP contribution < -0.4 is 10.5 Å². The summed E-state index contributed by atoms with van der Waals surface area (Å²) in [5.74, 6) is 0.224. The molecular formula is C14H22N2O3S. The van der Waals surface area contributed by atoms with Crippen molar-refractivity contribution in [3.05, 3.63) is 28.8 Å². The van der Waals surface area contributed by atoms with Crippen LogP contribution >= 0.6 is 0 Å². The average molecular weight is 298 g/mol. The minimum atomic E-state index is -3.82. The molecule has 1 aromatic carbocycles. The Hall–Kier alpha value is -1.40. The number of primary sulfonamides is 1. The highest BCUT2D eigenvalue weighted by Crippen LogP contribution is 2.19. The summed E-state index contributed by atoms with van der Waals surface area (Å²) in [7, 11) is -3.82. The maximum absolute atomic E-state index is 12.1. The number of aryl methyl sites for hydroxylation is 2. The van der Waals surface area contributed by atoms with E-state index >= 15 is 0 Å². The summed E-state index contributed by atoms with van der Waals surface area (Å²) in [6.07, 6.45) is 0.874. The van der Waals surface area contributed by atoms with Gasteiger partial charge in [-0.15, -0.1) is 0 Å². The number of amides is 1. The Morgan fingerprint density at radius 3 is 2.35 bits per heavy atom. The lowest BCUT2D eigenvalue weighted by molar-refractivity contribution is 0.0951. The van der Waals surface area contributed by atoms with Gasteiger partial charge in [0.25, 0.3) is 5.91 Å². The molecule has 0 saturated carbocycles. The van der Waals surface area contributed by atoms with E-state index in [-0.39, 0.29) is 10.8 Å². The van der Waals surface area contributed by atoms with Crippen molar-refractivity contribution < 1.29 is 13.2 Å².